The number of benzene rings is 1. The Hall–Kier alpha value is -2.14. The molecule has 5 heteroatoms. The zero-order chi connectivity index (χ0) is 16.8. The molecule has 2 atom stereocenters. The number of aliphatic hydroxyl groups excluding tert-OH is 1. The predicted octanol–water partition coefficient (Wildman–Crippen LogP) is 2.24. The maximum Gasteiger partial charge on any atom is 0.220 e. The van der Waals surface area contributed by atoms with Gasteiger partial charge in [-0.05, 0) is 30.9 Å². The lowest BCUT2D eigenvalue weighted by Gasteiger charge is -2.15. The molecule has 0 aliphatic rings. The molecule has 0 spiro atoms. The van der Waals surface area contributed by atoms with Crippen LogP contribution in [0.5, 0.6) is 0 Å². The molecule has 0 unspecified atom stereocenters. The normalized spacial score (nSPS) is 13.6. The zero-order valence-electron chi connectivity index (χ0n) is 14.0. The fourth-order valence-electron chi connectivity index (χ4n) is 2.93. The third kappa shape index (κ3) is 4.93. The van der Waals surface area contributed by atoms with Gasteiger partial charge >= 0.3 is 0 Å². The molecule has 0 saturated carbocycles. The molecule has 2 aromatic rings. The second-order valence-electron chi connectivity index (χ2n) is 6.10. The lowest BCUT2D eigenvalue weighted by atomic mass is 9.95. The molecule has 0 saturated heterocycles. The van der Waals surface area contributed by atoms with Crippen LogP contribution in [-0.2, 0) is 11.2 Å². The highest BCUT2D eigenvalue weighted by molar-refractivity contribution is 5.76. The third-order valence-electron chi connectivity index (χ3n) is 4.02. The molecule has 1 heterocycles. The van der Waals surface area contributed by atoms with Crippen molar-refractivity contribution >= 4 is 5.91 Å². The number of aliphatic hydroxyl groups is 1. The van der Waals surface area contributed by atoms with Gasteiger partial charge in [-0.2, -0.15) is 5.10 Å². The number of carbonyl (C=O) groups is 1. The first-order chi connectivity index (χ1) is 11.0. The predicted molar refractivity (Wildman–Crippen MR) is 90.3 cm³/mol. The van der Waals surface area contributed by atoms with Gasteiger partial charge in [0.1, 0.15) is 0 Å². The standard InChI is InChI=1S/C18H25N3O2/c1-12(18-13(2)20-21-14(18)3)9-17(23)19-11-16(22)10-15-7-5-4-6-8-15/h4-8,12,16,22H,9-11H2,1-3H3,(H,19,23)(H,20,21)/t12-,16+/m0/s1. The average Bonchev–Trinajstić information content (AvgIpc) is 2.85. The summed E-state index contributed by atoms with van der Waals surface area (Å²) in [6, 6.07) is 9.77. The van der Waals surface area contributed by atoms with E-state index < -0.39 is 6.10 Å². The van der Waals surface area contributed by atoms with E-state index in [2.05, 4.69) is 15.5 Å². The molecule has 3 N–H and O–H groups in total. The maximum atomic E-state index is 12.1. The average molecular weight is 315 g/mol. The number of H-pyrrole nitrogens is 1. The van der Waals surface area contributed by atoms with Crippen LogP contribution in [0.15, 0.2) is 30.3 Å². The van der Waals surface area contributed by atoms with Crippen LogP contribution in [0.2, 0.25) is 0 Å². The highest BCUT2D eigenvalue weighted by atomic mass is 16.3. The van der Waals surface area contributed by atoms with Crippen LogP contribution in [0.25, 0.3) is 0 Å². The van der Waals surface area contributed by atoms with Crippen molar-refractivity contribution in [3.63, 3.8) is 0 Å². The monoisotopic (exact) mass is 315 g/mol. The number of aromatic amines is 1. The molecule has 0 aliphatic heterocycles. The molecule has 1 amide bonds. The van der Waals surface area contributed by atoms with E-state index in [4.69, 9.17) is 0 Å². The second kappa shape index (κ2) is 7.92. The van der Waals surface area contributed by atoms with E-state index in [1.165, 1.54) is 0 Å². The SMILES string of the molecule is Cc1n[nH]c(C)c1[C@@H](C)CC(=O)NC[C@H](O)Cc1ccccc1. The molecular weight excluding hydrogens is 290 g/mol. The summed E-state index contributed by atoms with van der Waals surface area (Å²) in [5, 5.41) is 20.0. The Morgan fingerprint density at radius 3 is 2.61 bits per heavy atom. The van der Waals surface area contributed by atoms with E-state index >= 15 is 0 Å². The highest BCUT2D eigenvalue weighted by Crippen LogP contribution is 2.24. The zero-order valence-corrected chi connectivity index (χ0v) is 14.0. The van der Waals surface area contributed by atoms with Crippen LogP contribution in [0.1, 0.15) is 41.8 Å². The van der Waals surface area contributed by atoms with Crippen molar-refractivity contribution in [3.05, 3.63) is 52.8 Å². The topological polar surface area (TPSA) is 78.0 Å². The van der Waals surface area contributed by atoms with Crippen molar-refractivity contribution in [2.24, 2.45) is 0 Å². The Morgan fingerprint density at radius 2 is 2.00 bits per heavy atom. The van der Waals surface area contributed by atoms with Crippen LogP contribution in [0.4, 0.5) is 0 Å². The number of aromatic nitrogens is 2. The van der Waals surface area contributed by atoms with Crippen LogP contribution < -0.4 is 5.32 Å². The molecule has 0 aliphatic carbocycles. The summed E-state index contributed by atoms with van der Waals surface area (Å²) < 4.78 is 0. The van der Waals surface area contributed by atoms with Crippen LogP contribution in [-0.4, -0.2) is 33.9 Å². The molecule has 2 rings (SSSR count). The van der Waals surface area contributed by atoms with Crippen molar-refractivity contribution in [3.8, 4) is 0 Å². The van der Waals surface area contributed by atoms with Gasteiger partial charge in [-0.25, -0.2) is 0 Å². The summed E-state index contributed by atoms with van der Waals surface area (Å²) in [6.45, 7) is 6.19. The van der Waals surface area contributed by atoms with Gasteiger partial charge in [0.25, 0.3) is 0 Å². The Labute approximate surface area is 137 Å². The minimum Gasteiger partial charge on any atom is -0.391 e. The fraction of sp³-hybridized carbons (Fsp3) is 0.444. The number of rotatable bonds is 7. The molecule has 0 radical (unpaired) electrons. The number of hydrogen-bond acceptors (Lipinski definition) is 3. The van der Waals surface area contributed by atoms with Crippen molar-refractivity contribution in [1.29, 1.82) is 0 Å². The van der Waals surface area contributed by atoms with Gasteiger partial charge in [-0.15, -0.1) is 0 Å². The summed E-state index contributed by atoms with van der Waals surface area (Å²) in [4.78, 5) is 12.1. The summed E-state index contributed by atoms with van der Waals surface area (Å²) in [5.41, 5.74) is 4.11. The second-order valence-corrected chi connectivity index (χ2v) is 6.10. The molecule has 0 bridgehead atoms. The molecule has 1 aromatic heterocycles. The van der Waals surface area contributed by atoms with Crippen molar-refractivity contribution in [1.82, 2.24) is 15.5 Å². The van der Waals surface area contributed by atoms with E-state index in [1.807, 2.05) is 51.1 Å². The van der Waals surface area contributed by atoms with Crippen LogP contribution in [0.3, 0.4) is 0 Å². The van der Waals surface area contributed by atoms with Crippen molar-refractivity contribution in [2.45, 2.75) is 45.6 Å². The third-order valence-corrected chi connectivity index (χ3v) is 4.02. The van der Waals surface area contributed by atoms with Gasteiger partial charge in [0, 0.05) is 25.1 Å². The fourth-order valence-corrected chi connectivity index (χ4v) is 2.93. The van der Waals surface area contributed by atoms with E-state index in [0.717, 1.165) is 22.5 Å². The lowest BCUT2D eigenvalue weighted by Crippen LogP contribution is -2.33. The highest BCUT2D eigenvalue weighted by Gasteiger charge is 2.18. The molecular formula is C18H25N3O2. The summed E-state index contributed by atoms with van der Waals surface area (Å²) in [7, 11) is 0. The Morgan fingerprint density at radius 1 is 1.30 bits per heavy atom. The number of carbonyl (C=O) groups excluding carboxylic acids is 1. The first-order valence-corrected chi connectivity index (χ1v) is 7.97. The van der Waals surface area contributed by atoms with Crippen molar-refractivity contribution in [2.75, 3.05) is 6.54 Å². The van der Waals surface area contributed by atoms with Gasteiger partial charge < -0.3 is 10.4 Å². The molecule has 1 aromatic carbocycles. The van der Waals surface area contributed by atoms with E-state index in [0.29, 0.717) is 12.8 Å². The molecule has 23 heavy (non-hydrogen) atoms. The number of nitrogens with one attached hydrogen (secondary N) is 2. The van der Waals surface area contributed by atoms with Gasteiger partial charge in [-0.1, -0.05) is 37.3 Å². The van der Waals surface area contributed by atoms with E-state index in [9.17, 15) is 9.90 Å². The van der Waals surface area contributed by atoms with E-state index in [-0.39, 0.29) is 18.4 Å². The molecule has 124 valence electrons. The summed E-state index contributed by atoms with van der Waals surface area (Å²) >= 11 is 0. The molecule has 0 fully saturated rings. The largest absolute Gasteiger partial charge is 0.391 e. The summed E-state index contributed by atoms with van der Waals surface area (Å²) in [6.07, 6.45) is 0.352. The number of hydrogen-bond donors (Lipinski definition) is 3. The van der Waals surface area contributed by atoms with Crippen LogP contribution in [0, 0.1) is 13.8 Å². The number of nitrogens with zero attached hydrogens (tertiary/aromatic N) is 1. The van der Waals surface area contributed by atoms with Gasteiger partial charge in [0.2, 0.25) is 5.91 Å². The van der Waals surface area contributed by atoms with Crippen LogP contribution >= 0.6 is 0 Å². The van der Waals surface area contributed by atoms with Gasteiger partial charge in [0.15, 0.2) is 0 Å². The Balaban J connectivity index is 1.79. The minimum absolute atomic E-state index is 0.0513. The van der Waals surface area contributed by atoms with Gasteiger partial charge in [-0.3, -0.25) is 9.89 Å². The quantitative estimate of drug-likeness (QED) is 0.733. The molecule has 5 nitrogen and oxygen atoms in total. The van der Waals surface area contributed by atoms with E-state index in [1.54, 1.807) is 0 Å². The smallest absolute Gasteiger partial charge is 0.220 e. The summed E-state index contributed by atoms with van der Waals surface area (Å²) in [5.74, 6) is 0.0460. The number of aryl methyl sites for hydroxylation is 2. The Bertz CT molecular complexity index is 617. The van der Waals surface area contributed by atoms with Crippen molar-refractivity contribution < 1.29 is 9.90 Å². The first-order valence-electron chi connectivity index (χ1n) is 7.97. The first kappa shape index (κ1) is 17.2. The van der Waals surface area contributed by atoms with Gasteiger partial charge in [0.05, 0.1) is 11.8 Å². The number of amides is 1. The lowest BCUT2D eigenvalue weighted by molar-refractivity contribution is -0.121. The Kier molecular flexibility index (Phi) is 5.93. The maximum absolute atomic E-state index is 12.1. The minimum atomic E-state index is -0.575.